The van der Waals surface area contributed by atoms with E-state index in [0.29, 0.717) is 44.3 Å². The van der Waals surface area contributed by atoms with E-state index in [0.717, 1.165) is 47.4 Å². The number of nitrogens with one attached hydrogen (secondary N) is 1. The van der Waals surface area contributed by atoms with Crippen molar-refractivity contribution in [2.45, 2.75) is 46.1 Å². The number of carbonyl (C=O) groups excluding carboxylic acids is 1. The smallest absolute Gasteiger partial charge is 0.321 e. The summed E-state index contributed by atoms with van der Waals surface area (Å²) in [4.78, 5) is 25.9. The van der Waals surface area contributed by atoms with Crippen molar-refractivity contribution in [3.63, 3.8) is 0 Å². The van der Waals surface area contributed by atoms with Crippen LogP contribution in [0.15, 0.2) is 42.7 Å². The lowest BCUT2D eigenvalue weighted by Gasteiger charge is -2.35. The first kappa shape index (κ1) is 26.3. The zero-order valence-corrected chi connectivity index (χ0v) is 22.2. The van der Waals surface area contributed by atoms with Crippen LogP contribution in [-0.4, -0.2) is 66.9 Å². The van der Waals surface area contributed by atoms with Crippen LogP contribution >= 0.6 is 0 Å². The summed E-state index contributed by atoms with van der Waals surface area (Å²) in [7, 11) is 1.64. The molecule has 0 radical (unpaired) electrons. The number of nitrogens with zero attached hydrogens (tertiary/aromatic N) is 4. The van der Waals surface area contributed by atoms with Crippen molar-refractivity contribution in [3.05, 3.63) is 42.7 Å². The van der Waals surface area contributed by atoms with Crippen LogP contribution in [0.25, 0.3) is 10.9 Å². The molecule has 0 atom stereocenters. The maximum absolute atomic E-state index is 12.8. The van der Waals surface area contributed by atoms with E-state index in [1.807, 2.05) is 55.1 Å². The molecule has 198 valence electrons. The zero-order valence-electron chi connectivity index (χ0n) is 22.2. The van der Waals surface area contributed by atoms with Gasteiger partial charge in [0.15, 0.2) is 11.5 Å². The van der Waals surface area contributed by atoms with Gasteiger partial charge >= 0.3 is 6.03 Å². The van der Waals surface area contributed by atoms with Gasteiger partial charge in [0, 0.05) is 43.3 Å². The van der Waals surface area contributed by atoms with Crippen molar-refractivity contribution >= 4 is 28.4 Å². The highest BCUT2D eigenvalue weighted by molar-refractivity contribution is 5.92. The molecule has 2 heterocycles. The molecular formula is C28H37N5O4. The molecule has 1 aromatic heterocycles. The molecule has 0 saturated carbocycles. The minimum atomic E-state index is -0.115. The first-order valence-corrected chi connectivity index (χ1v) is 13.0. The van der Waals surface area contributed by atoms with Crippen molar-refractivity contribution in [2.75, 3.05) is 50.1 Å². The molecule has 1 N–H and O–H groups in total. The van der Waals surface area contributed by atoms with Gasteiger partial charge in [0.1, 0.15) is 17.9 Å². The van der Waals surface area contributed by atoms with Gasteiger partial charge in [-0.05, 0) is 50.6 Å². The second kappa shape index (κ2) is 12.5. The maximum Gasteiger partial charge on any atom is 0.321 e. The molecule has 1 saturated heterocycles. The highest BCUT2D eigenvalue weighted by atomic mass is 16.5. The molecule has 9 nitrogen and oxygen atoms in total. The van der Waals surface area contributed by atoms with Crippen LogP contribution in [-0.2, 0) is 0 Å². The monoisotopic (exact) mass is 507 g/mol. The molecule has 2 amide bonds. The van der Waals surface area contributed by atoms with E-state index in [1.165, 1.54) is 0 Å². The van der Waals surface area contributed by atoms with Gasteiger partial charge in [-0.1, -0.05) is 19.8 Å². The second-order valence-corrected chi connectivity index (χ2v) is 9.37. The topological polar surface area (TPSA) is 89.1 Å². The first-order chi connectivity index (χ1) is 18.0. The average Bonchev–Trinajstić information content (AvgIpc) is 2.91. The molecule has 4 rings (SSSR count). The number of carbonyl (C=O) groups is 1. The van der Waals surface area contributed by atoms with Gasteiger partial charge in [0.25, 0.3) is 0 Å². The maximum atomic E-state index is 12.8. The average molecular weight is 508 g/mol. The molecule has 0 spiro atoms. The minimum absolute atomic E-state index is 0.107. The van der Waals surface area contributed by atoms with E-state index < -0.39 is 0 Å². The zero-order chi connectivity index (χ0) is 26.2. The fraction of sp³-hybridized carbons (Fsp3) is 0.464. The summed E-state index contributed by atoms with van der Waals surface area (Å²) in [5.41, 5.74) is 1.55. The van der Waals surface area contributed by atoms with E-state index >= 15 is 0 Å². The summed E-state index contributed by atoms with van der Waals surface area (Å²) >= 11 is 0. The highest BCUT2D eigenvalue weighted by Gasteiger charge is 2.24. The number of methoxy groups -OCH3 is 1. The molecular weight excluding hydrogens is 470 g/mol. The lowest BCUT2D eigenvalue weighted by molar-refractivity contribution is 0.208. The number of piperazine rings is 1. The Hall–Kier alpha value is -3.75. The fourth-order valence-corrected chi connectivity index (χ4v) is 4.32. The molecule has 0 bridgehead atoms. The van der Waals surface area contributed by atoms with Gasteiger partial charge in [0.2, 0.25) is 0 Å². The Kier molecular flexibility index (Phi) is 8.87. The van der Waals surface area contributed by atoms with Crippen molar-refractivity contribution in [1.29, 1.82) is 0 Å². The summed E-state index contributed by atoms with van der Waals surface area (Å²) in [6.07, 6.45) is 4.96. The molecule has 9 heteroatoms. The number of amides is 2. The van der Waals surface area contributed by atoms with E-state index in [-0.39, 0.29) is 12.1 Å². The molecule has 2 aromatic carbocycles. The van der Waals surface area contributed by atoms with Gasteiger partial charge in [-0.15, -0.1) is 0 Å². The van der Waals surface area contributed by atoms with E-state index in [4.69, 9.17) is 14.2 Å². The van der Waals surface area contributed by atoms with Crippen molar-refractivity contribution < 1.29 is 19.0 Å². The van der Waals surface area contributed by atoms with Gasteiger partial charge in [-0.25, -0.2) is 14.8 Å². The Bertz CT molecular complexity index is 1180. The van der Waals surface area contributed by atoms with Crippen LogP contribution < -0.4 is 24.4 Å². The Morgan fingerprint density at radius 2 is 1.78 bits per heavy atom. The summed E-state index contributed by atoms with van der Waals surface area (Å²) in [6.45, 7) is 9.28. The van der Waals surface area contributed by atoms with Crippen LogP contribution in [0.1, 0.15) is 40.0 Å². The lowest BCUT2D eigenvalue weighted by atomic mass is 10.2. The van der Waals surface area contributed by atoms with Crippen molar-refractivity contribution in [1.82, 2.24) is 14.9 Å². The molecule has 0 unspecified atom stereocenters. The van der Waals surface area contributed by atoms with Crippen LogP contribution in [0.3, 0.4) is 0 Å². The number of fused-ring (bicyclic) bond motifs is 1. The lowest BCUT2D eigenvalue weighted by Crippen LogP contribution is -2.50. The van der Waals surface area contributed by atoms with Crippen LogP contribution in [0.2, 0.25) is 0 Å². The Morgan fingerprint density at radius 1 is 1.03 bits per heavy atom. The van der Waals surface area contributed by atoms with Crippen LogP contribution in [0.5, 0.6) is 17.2 Å². The van der Waals surface area contributed by atoms with E-state index in [1.54, 1.807) is 13.4 Å². The molecule has 0 aliphatic carbocycles. The Labute approximate surface area is 218 Å². The number of hydrogen-bond acceptors (Lipinski definition) is 7. The summed E-state index contributed by atoms with van der Waals surface area (Å²) < 4.78 is 17.3. The number of hydrogen-bond donors (Lipinski definition) is 1. The van der Waals surface area contributed by atoms with E-state index in [2.05, 4.69) is 27.1 Å². The third-order valence-electron chi connectivity index (χ3n) is 6.25. The van der Waals surface area contributed by atoms with Crippen LogP contribution in [0, 0.1) is 0 Å². The van der Waals surface area contributed by atoms with Gasteiger partial charge < -0.3 is 29.3 Å². The second-order valence-electron chi connectivity index (χ2n) is 9.37. The molecule has 1 aliphatic heterocycles. The third kappa shape index (κ3) is 6.72. The number of unbranched alkanes of at least 4 members (excludes halogenated alkanes) is 2. The van der Waals surface area contributed by atoms with Crippen molar-refractivity contribution in [2.24, 2.45) is 0 Å². The highest BCUT2D eigenvalue weighted by Crippen LogP contribution is 2.35. The largest absolute Gasteiger partial charge is 0.493 e. The fourth-order valence-electron chi connectivity index (χ4n) is 4.32. The number of ether oxygens (including phenoxy) is 3. The minimum Gasteiger partial charge on any atom is -0.493 e. The van der Waals surface area contributed by atoms with Crippen LogP contribution in [0.4, 0.5) is 16.3 Å². The number of urea groups is 1. The molecule has 3 aromatic rings. The Morgan fingerprint density at radius 3 is 2.46 bits per heavy atom. The standard InChI is InChI=1S/C28H37N5O4/c1-5-6-7-16-36-26-18-24-23(17-25(26)35-4)27(30-19-29-24)32-12-14-33(15-13-32)28(34)31-21-8-10-22(11-9-21)37-20(2)3/h8-11,17-20H,5-7,12-16H2,1-4H3,(H,31,34). The number of benzene rings is 2. The number of rotatable bonds is 10. The third-order valence-corrected chi connectivity index (χ3v) is 6.25. The van der Waals surface area contributed by atoms with Crippen molar-refractivity contribution in [3.8, 4) is 17.2 Å². The van der Waals surface area contributed by atoms with Gasteiger partial charge in [-0.2, -0.15) is 0 Å². The first-order valence-electron chi connectivity index (χ1n) is 13.0. The quantitative estimate of drug-likeness (QED) is 0.370. The molecule has 1 fully saturated rings. The summed E-state index contributed by atoms with van der Waals surface area (Å²) in [6, 6.07) is 11.2. The summed E-state index contributed by atoms with van der Waals surface area (Å²) in [5.74, 6) is 2.98. The predicted octanol–water partition coefficient (Wildman–Crippen LogP) is 5.35. The summed E-state index contributed by atoms with van der Waals surface area (Å²) in [5, 5.41) is 3.88. The molecule has 1 aliphatic rings. The SMILES string of the molecule is CCCCCOc1cc2ncnc(N3CCN(C(=O)Nc4ccc(OC(C)C)cc4)CC3)c2cc1OC. The van der Waals surface area contributed by atoms with E-state index in [9.17, 15) is 4.79 Å². The normalized spacial score (nSPS) is 13.6. The Balaban J connectivity index is 1.39. The number of aromatic nitrogens is 2. The van der Waals surface area contributed by atoms with Gasteiger partial charge in [0.05, 0.1) is 25.3 Å². The number of anilines is 2. The van der Waals surface area contributed by atoms with Gasteiger partial charge in [-0.3, -0.25) is 0 Å². The predicted molar refractivity (Wildman–Crippen MR) is 146 cm³/mol. The molecule has 37 heavy (non-hydrogen) atoms.